The average molecular weight is 242 g/mol. The molecule has 0 saturated carbocycles. The van der Waals surface area contributed by atoms with E-state index >= 15 is 0 Å². The molecule has 0 unspecified atom stereocenters. The van der Waals surface area contributed by atoms with Crippen molar-refractivity contribution in [1.29, 1.82) is 0 Å². The number of rotatable bonds is 6. The SMILES string of the molecule is CCN(CC)CCOC(=O)C1CCN(C)CC1. The summed E-state index contributed by atoms with van der Waals surface area (Å²) in [4.78, 5) is 16.3. The van der Waals surface area contributed by atoms with Gasteiger partial charge < -0.3 is 14.5 Å². The van der Waals surface area contributed by atoms with Crippen molar-refractivity contribution in [2.45, 2.75) is 26.7 Å². The number of likely N-dealkylation sites (tertiary alicyclic amines) is 1. The maximum absolute atomic E-state index is 11.8. The van der Waals surface area contributed by atoms with Crippen LogP contribution in [0.2, 0.25) is 0 Å². The lowest BCUT2D eigenvalue weighted by atomic mass is 9.97. The van der Waals surface area contributed by atoms with Crippen LogP contribution in [0, 0.1) is 5.92 Å². The summed E-state index contributed by atoms with van der Waals surface area (Å²) in [6.07, 6.45) is 1.89. The topological polar surface area (TPSA) is 32.8 Å². The van der Waals surface area contributed by atoms with Crippen molar-refractivity contribution in [1.82, 2.24) is 9.80 Å². The van der Waals surface area contributed by atoms with Gasteiger partial charge in [-0.15, -0.1) is 0 Å². The molecule has 100 valence electrons. The van der Waals surface area contributed by atoms with Crippen LogP contribution in [-0.2, 0) is 9.53 Å². The zero-order valence-corrected chi connectivity index (χ0v) is 11.4. The van der Waals surface area contributed by atoms with E-state index in [4.69, 9.17) is 4.74 Å². The van der Waals surface area contributed by atoms with Gasteiger partial charge in [-0.2, -0.15) is 0 Å². The van der Waals surface area contributed by atoms with E-state index in [1.807, 2.05) is 0 Å². The molecule has 1 aliphatic heterocycles. The van der Waals surface area contributed by atoms with Gasteiger partial charge in [0.05, 0.1) is 5.92 Å². The quantitative estimate of drug-likeness (QED) is 0.656. The highest BCUT2D eigenvalue weighted by atomic mass is 16.5. The van der Waals surface area contributed by atoms with Gasteiger partial charge in [-0.3, -0.25) is 4.79 Å². The molecule has 1 heterocycles. The normalized spacial score (nSPS) is 18.6. The maximum Gasteiger partial charge on any atom is 0.309 e. The van der Waals surface area contributed by atoms with E-state index in [0.29, 0.717) is 6.61 Å². The van der Waals surface area contributed by atoms with Crippen LogP contribution in [0.15, 0.2) is 0 Å². The largest absolute Gasteiger partial charge is 0.464 e. The number of piperidine rings is 1. The first-order valence-corrected chi connectivity index (χ1v) is 6.74. The van der Waals surface area contributed by atoms with Crippen molar-refractivity contribution in [3.05, 3.63) is 0 Å². The highest BCUT2D eigenvalue weighted by molar-refractivity contribution is 5.72. The highest BCUT2D eigenvalue weighted by Gasteiger charge is 2.24. The Morgan fingerprint density at radius 3 is 2.41 bits per heavy atom. The van der Waals surface area contributed by atoms with Crippen LogP contribution in [0.4, 0.5) is 0 Å². The monoisotopic (exact) mass is 242 g/mol. The number of hydrogen-bond acceptors (Lipinski definition) is 4. The Kier molecular flexibility index (Phi) is 6.52. The van der Waals surface area contributed by atoms with Gasteiger partial charge in [0, 0.05) is 6.54 Å². The average Bonchev–Trinajstić information content (AvgIpc) is 2.35. The fourth-order valence-electron chi connectivity index (χ4n) is 2.18. The summed E-state index contributed by atoms with van der Waals surface area (Å²) in [7, 11) is 2.10. The van der Waals surface area contributed by atoms with Crippen molar-refractivity contribution in [2.75, 3.05) is 46.4 Å². The second-order valence-corrected chi connectivity index (χ2v) is 4.77. The third kappa shape index (κ3) is 5.04. The summed E-state index contributed by atoms with van der Waals surface area (Å²) in [5.41, 5.74) is 0. The van der Waals surface area contributed by atoms with E-state index < -0.39 is 0 Å². The predicted octanol–water partition coefficient (Wildman–Crippen LogP) is 1.21. The van der Waals surface area contributed by atoms with Crippen molar-refractivity contribution in [2.24, 2.45) is 5.92 Å². The first kappa shape index (κ1) is 14.5. The summed E-state index contributed by atoms with van der Waals surface area (Å²) >= 11 is 0. The number of carbonyl (C=O) groups is 1. The summed E-state index contributed by atoms with van der Waals surface area (Å²) in [6, 6.07) is 0. The van der Waals surface area contributed by atoms with Crippen LogP contribution in [0.3, 0.4) is 0 Å². The second kappa shape index (κ2) is 7.67. The van der Waals surface area contributed by atoms with Crippen molar-refractivity contribution in [3.8, 4) is 0 Å². The fourth-order valence-corrected chi connectivity index (χ4v) is 2.18. The highest BCUT2D eigenvalue weighted by Crippen LogP contribution is 2.17. The minimum Gasteiger partial charge on any atom is -0.464 e. The molecule has 0 bridgehead atoms. The van der Waals surface area contributed by atoms with Gasteiger partial charge in [-0.1, -0.05) is 13.8 Å². The number of likely N-dealkylation sites (N-methyl/N-ethyl adjacent to an activating group) is 1. The minimum atomic E-state index is 0.00487. The summed E-state index contributed by atoms with van der Waals surface area (Å²) in [5, 5.41) is 0. The molecule has 0 atom stereocenters. The zero-order chi connectivity index (χ0) is 12.7. The Hall–Kier alpha value is -0.610. The minimum absolute atomic E-state index is 0.00487. The molecule has 0 radical (unpaired) electrons. The third-order valence-corrected chi connectivity index (χ3v) is 3.60. The van der Waals surface area contributed by atoms with Gasteiger partial charge in [0.1, 0.15) is 6.61 Å². The lowest BCUT2D eigenvalue weighted by Crippen LogP contribution is -2.35. The Labute approximate surface area is 105 Å². The van der Waals surface area contributed by atoms with E-state index in [1.54, 1.807) is 0 Å². The molecule has 0 aromatic carbocycles. The van der Waals surface area contributed by atoms with Crippen LogP contribution in [0.1, 0.15) is 26.7 Å². The number of nitrogens with zero attached hydrogens (tertiary/aromatic N) is 2. The first-order chi connectivity index (χ1) is 8.17. The number of hydrogen-bond donors (Lipinski definition) is 0. The Balaban J connectivity index is 2.16. The van der Waals surface area contributed by atoms with E-state index in [1.165, 1.54) is 0 Å². The molecule has 0 N–H and O–H groups in total. The van der Waals surface area contributed by atoms with Crippen molar-refractivity contribution >= 4 is 5.97 Å². The lowest BCUT2D eigenvalue weighted by molar-refractivity contribution is -0.150. The smallest absolute Gasteiger partial charge is 0.309 e. The summed E-state index contributed by atoms with van der Waals surface area (Å²) in [5.74, 6) is 0.133. The maximum atomic E-state index is 11.8. The molecule has 1 aliphatic rings. The molecule has 1 rings (SSSR count). The van der Waals surface area contributed by atoms with Gasteiger partial charge >= 0.3 is 5.97 Å². The van der Waals surface area contributed by atoms with E-state index in [0.717, 1.165) is 45.6 Å². The van der Waals surface area contributed by atoms with Crippen LogP contribution in [-0.4, -0.2) is 62.1 Å². The molecule has 4 heteroatoms. The zero-order valence-electron chi connectivity index (χ0n) is 11.4. The fraction of sp³-hybridized carbons (Fsp3) is 0.923. The number of ether oxygens (including phenoxy) is 1. The van der Waals surface area contributed by atoms with Gasteiger partial charge in [0.25, 0.3) is 0 Å². The summed E-state index contributed by atoms with van der Waals surface area (Å²) < 4.78 is 5.35. The Morgan fingerprint density at radius 2 is 1.88 bits per heavy atom. The predicted molar refractivity (Wildman–Crippen MR) is 69.0 cm³/mol. The first-order valence-electron chi connectivity index (χ1n) is 6.74. The van der Waals surface area contributed by atoms with E-state index in [9.17, 15) is 4.79 Å². The Morgan fingerprint density at radius 1 is 1.29 bits per heavy atom. The van der Waals surface area contributed by atoms with Crippen LogP contribution >= 0.6 is 0 Å². The molecule has 1 fully saturated rings. The Bertz CT molecular complexity index is 221. The summed E-state index contributed by atoms with van der Waals surface area (Å²) in [6.45, 7) is 9.69. The molecule has 1 saturated heterocycles. The standard InChI is InChI=1S/C13H26N2O2/c1-4-15(5-2)10-11-17-13(16)12-6-8-14(3)9-7-12/h12H,4-11H2,1-3H3. The van der Waals surface area contributed by atoms with Crippen molar-refractivity contribution < 1.29 is 9.53 Å². The van der Waals surface area contributed by atoms with Gasteiger partial charge in [0.2, 0.25) is 0 Å². The van der Waals surface area contributed by atoms with Crippen molar-refractivity contribution in [3.63, 3.8) is 0 Å². The van der Waals surface area contributed by atoms with E-state index in [2.05, 4.69) is 30.7 Å². The van der Waals surface area contributed by atoms with Gasteiger partial charge in [-0.25, -0.2) is 0 Å². The molecule has 17 heavy (non-hydrogen) atoms. The molecular weight excluding hydrogens is 216 g/mol. The number of esters is 1. The molecule has 0 amide bonds. The second-order valence-electron chi connectivity index (χ2n) is 4.77. The number of carbonyl (C=O) groups excluding carboxylic acids is 1. The lowest BCUT2D eigenvalue weighted by Gasteiger charge is -2.27. The van der Waals surface area contributed by atoms with Gasteiger partial charge in [0.15, 0.2) is 0 Å². The van der Waals surface area contributed by atoms with Crippen LogP contribution < -0.4 is 0 Å². The molecule has 0 spiro atoms. The van der Waals surface area contributed by atoms with E-state index in [-0.39, 0.29) is 11.9 Å². The third-order valence-electron chi connectivity index (χ3n) is 3.60. The molecule has 0 aromatic heterocycles. The van der Waals surface area contributed by atoms with Crippen LogP contribution in [0.5, 0.6) is 0 Å². The van der Waals surface area contributed by atoms with Crippen LogP contribution in [0.25, 0.3) is 0 Å². The molecule has 0 aromatic rings. The molecule has 0 aliphatic carbocycles. The van der Waals surface area contributed by atoms with Gasteiger partial charge in [-0.05, 0) is 46.1 Å². The molecule has 4 nitrogen and oxygen atoms in total. The molecular formula is C13H26N2O2.